The Morgan fingerprint density at radius 2 is 1.70 bits per heavy atom. The van der Waals surface area contributed by atoms with Gasteiger partial charge in [-0.05, 0) is 48.9 Å². The molecular formula is C21H18N4O2. The summed E-state index contributed by atoms with van der Waals surface area (Å²) < 4.78 is 0. The van der Waals surface area contributed by atoms with Gasteiger partial charge in [0.05, 0.1) is 11.4 Å². The van der Waals surface area contributed by atoms with E-state index < -0.39 is 0 Å². The van der Waals surface area contributed by atoms with E-state index in [2.05, 4.69) is 9.98 Å². The highest BCUT2D eigenvalue weighted by atomic mass is 16.7. The number of pyridine rings is 1. The SMILES string of the molecule is Cc1ccnc(N2CON(c3ccccc3)C(=Nc3ccccc3)C2=O)c1. The first-order valence-corrected chi connectivity index (χ1v) is 8.59. The van der Waals surface area contributed by atoms with Gasteiger partial charge in [0, 0.05) is 6.20 Å². The van der Waals surface area contributed by atoms with Crippen molar-refractivity contribution >= 4 is 28.9 Å². The lowest BCUT2D eigenvalue weighted by Crippen LogP contribution is -2.53. The number of hydroxylamine groups is 1. The lowest BCUT2D eigenvalue weighted by Gasteiger charge is -2.34. The van der Waals surface area contributed by atoms with Crippen LogP contribution in [0.1, 0.15) is 5.56 Å². The van der Waals surface area contributed by atoms with Crippen LogP contribution >= 0.6 is 0 Å². The van der Waals surface area contributed by atoms with Gasteiger partial charge in [0.1, 0.15) is 5.82 Å². The average molecular weight is 358 g/mol. The van der Waals surface area contributed by atoms with Crippen molar-refractivity contribution in [2.24, 2.45) is 4.99 Å². The van der Waals surface area contributed by atoms with Gasteiger partial charge in [-0.1, -0.05) is 36.4 Å². The number of anilines is 2. The number of hydrogen-bond acceptors (Lipinski definition) is 4. The van der Waals surface area contributed by atoms with Gasteiger partial charge < -0.3 is 0 Å². The Morgan fingerprint density at radius 3 is 2.41 bits per heavy atom. The lowest BCUT2D eigenvalue weighted by molar-refractivity contribution is -0.115. The largest absolute Gasteiger partial charge is 0.299 e. The average Bonchev–Trinajstić information content (AvgIpc) is 2.71. The van der Waals surface area contributed by atoms with Crippen molar-refractivity contribution in [2.45, 2.75) is 6.92 Å². The van der Waals surface area contributed by atoms with Crippen LogP contribution in [-0.4, -0.2) is 23.5 Å². The zero-order valence-corrected chi connectivity index (χ0v) is 14.8. The standard InChI is InChI=1S/C21H18N4O2/c1-16-12-13-22-19(14-16)24-15-27-25(18-10-6-3-7-11-18)20(21(24)26)23-17-8-4-2-5-9-17/h2-14H,15H2,1H3. The van der Waals surface area contributed by atoms with E-state index in [1.807, 2.05) is 79.7 Å². The number of hydrogen-bond donors (Lipinski definition) is 0. The highest BCUT2D eigenvalue weighted by Crippen LogP contribution is 2.24. The fourth-order valence-corrected chi connectivity index (χ4v) is 2.76. The molecule has 6 heteroatoms. The van der Waals surface area contributed by atoms with Crippen LogP contribution in [-0.2, 0) is 9.63 Å². The molecular weight excluding hydrogens is 340 g/mol. The number of aryl methyl sites for hydroxylation is 1. The number of amides is 1. The molecule has 0 saturated carbocycles. The molecule has 6 nitrogen and oxygen atoms in total. The minimum absolute atomic E-state index is 0.0536. The molecule has 1 aromatic heterocycles. The summed E-state index contributed by atoms with van der Waals surface area (Å²) >= 11 is 0. The topological polar surface area (TPSA) is 58.0 Å². The second-order valence-electron chi connectivity index (χ2n) is 6.08. The molecule has 0 atom stereocenters. The quantitative estimate of drug-likeness (QED) is 0.713. The van der Waals surface area contributed by atoms with Crippen LogP contribution < -0.4 is 9.96 Å². The normalized spacial score (nSPS) is 16.0. The second-order valence-corrected chi connectivity index (χ2v) is 6.08. The fraction of sp³-hybridized carbons (Fsp3) is 0.0952. The third kappa shape index (κ3) is 3.56. The first-order chi connectivity index (χ1) is 13.2. The molecule has 0 aliphatic carbocycles. The van der Waals surface area contributed by atoms with E-state index in [-0.39, 0.29) is 18.5 Å². The van der Waals surface area contributed by atoms with Gasteiger partial charge in [-0.15, -0.1) is 0 Å². The number of aliphatic imine (C=N–C) groups is 1. The summed E-state index contributed by atoms with van der Waals surface area (Å²) in [7, 11) is 0. The summed E-state index contributed by atoms with van der Waals surface area (Å²) in [6, 6.07) is 22.5. The van der Waals surface area contributed by atoms with Crippen molar-refractivity contribution in [3.63, 3.8) is 0 Å². The number of benzene rings is 2. The molecule has 2 aromatic carbocycles. The number of nitrogens with zero attached hydrogens (tertiary/aromatic N) is 4. The highest BCUT2D eigenvalue weighted by molar-refractivity contribution is 6.47. The number of rotatable bonds is 3. The van der Waals surface area contributed by atoms with E-state index in [4.69, 9.17) is 4.84 Å². The Kier molecular flexibility index (Phi) is 4.63. The minimum atomic E-state index is -0.271. The molecule has 1 fully saturated rings. The smallest absolute Gasteiger partial charge is 0.265 e. The summed E-state index contributed by atoms with van der Waals surface area (Å²) in [4.78, 5) is 29.5. The maximum atomic E-state index is 13.3. The molecule has 3 aromatic rings. The van der Waals surface area contributed by atoms with E-state index in [0.717, 1.165) is 11.3 Å². The monoisotopic (exact) mass is 358 g/mol. The van der Waals surface area contributed by atoms with Crippen LogP contribution in [0.3, 0.4) is 0 Å². The maximum Gasteiger partial charge on any atom is 0.299 e. The molecule has 0 spiro atoms. The van der Waals surface area contributed by atoms with Gasteiger partial charge >= 0.3 is 0 Å². The zero-order valence-electron chi connectivity index (χ0n) is 14.8. The zero-order chi connectivity index (χ0) is 18.6. The molecule has 1 saturated heterocycles. The Morgan fingerprint density at radius 1 is 1.00 bits per heavy atom. The highest BCUT2D eigenvalue weighted by Gasteiger charge is 2.34. The van der Waals surface area contributed by atoms with Crippen LogP contribution in [0.5, 0.6) is 0 Å². The van der Waals surface area contributed by atoms with Gasteiger partial charge in [-0.25, -0.2) is 14.8 Å². The Labute approximate surface area is 157 Å². The molecule has 134 valence electrons. The summed E-state index contributed by atoms with van der Waals surface area (Å²) in [6.07, 6.45) is 1.68. The Balaban J connectivity index is 1.76. The summed E-state index contributed by atoms with van der Waals surface area (Å²) in [6.45, 7) is 2.01. The second kappa shape index (κ2) is 7.39. The van der Waals surface area contributed by atoms with Crippen molar-refractivity contribution in [3.05, 3.63) is 84.6 Å². The maximum absolute atomic E-state index is 13.3. The first-order valence-electron chi connectivity index (χ1n) is 8.59. The van der Waals surface area contributed by atoms with Gasteiger partial charge in [0.25, 0.3) is 5.91 Å². The molecule has 1 aliphatic rings. The third-order valence-corrected chi connectivity index (χ3v) is 4.10. The molecule has 0 unspecified atom stereocenters. The Bertz CT molecular complexity index is 974. The number of carbonyl (C=O) groups excluding carboxylic acids is 1. The summed E-state index contributed by atoms with van der Waals surface area (Å²) in [5.41, 5.74) is 2.42. The molecule has 0 bridgehead atoms. The summed E-state index contributed by atoms with van der Waals surface area (Å²) in [5.74, 6) is 0.447. The van der Waals surface area contributed by atoms with E-state index in [0.29, 0.717) is 11.5 Å². The van der Waals surface area contributed by atoms with Crippen molar-refractivity contribution < 1.29 is 9.63 Å². The van der Waals surface area contributed by atoms with E-state index in [1.165, 1.54) is 9.96 Å². The van der Waals surface area contributed by atoms with Crippen molar-refractivity contribution in [3.8, 4) is 0 Å². The van der Waals surface area contributed by atoms with Gasteiger partial charge in [-0.2, -0.15) is 5.06 Å². The fourth-order valence-electron chi connectivity index (χ4n) is 2.76. The third-order valence-electron chi connectivity index (χ3n) is 4.10. The molecule has 0 radical (unpaired) electrons. The van der Waals surface area contributed by atoms with E-state index in [9.17, 15) is 4.79 Å². The van der Waals surface area contributed by atoms with E-state index in [1.54, 1.807) is 6.20 Å². The van der Waals surface area contributed by atoms with Crippen LogP contribution in [0.15, 0.2) is 84.0 Å². The number of aromatic nitrogens is 1. The van der Waals surface area contributed by atoms with Crippen LogP contribution in [0, 0.1) is 6.92 Å². The van der Waals surface area contributed by atoms with Crippen LogP contribution in [0.2, 0.25) is 0 Å². The Hall–Kier alpha value is -3.51. The molecule has 27 heavy (non-hydrogen) atoms. The van der Waals surface area contributed by atoms with Gasteiger partial charge in [0.2, 0.25) is 5.84 Å². The predicted molar refractivity (Wildman–Crippen MR) is 105 cm³/mol. The molecule has 1 amide bonds. The predicted octanol–water partition coefficient (Wildman–Crippen LogP) is 3.86. The van der Waals surface area contributed by atoms with Crippen molar-refractivity contribution in [2.75, 3.05) is 16.7 Å². The number of para-hydroxylation sites is 2. The molecule has 4 rings (SSSR count). The first kappa shape index (κ1) is 16.9. The summed E-state index contributed by atoms with van der Waals surface area (Å²) in [5, 5.41) is 1.47. The van der Waals surface area contributed by atoms with Crippen LogP contribution in [0.25, 0.3) is 0 Å². The minimum Gasteiger partial charge on any atom is -0.265 e. The molecule has 0 N–H and O–H groups in total. The number of amidine groups is 1. The van der Waals surface area contributed by atoms with Crippen molar-refractivity contribution in [1.82, 2.24) is 4.98 Å². The molecule has 1 aliphatic heterocycles. The molecule has 2 heterocycles. The van der Waals surface area contributed by atoms with E-state index >= 15 is 0 Å². The van der Waals surface area contributed by atoms with Crippen LogP contribution in [0.4, 0.5) is 17.2 Å². The lowest BCUT2D eigenvalue weighted by atomic mass is 10.2. The van der Waals surface area contributed by atoms with Gasteiger partial charge in [-0.3, -0.25) is 9.69 Å². The number of carbonyl (C=O) groups is 1. The van der Waals surface area contributed by atoms with Gasteiger partial charge in [0.15, 0.2) is 6.73 Å². The van der Waals surface area contributed by atoms with Crippen molar-refractivity contribution in [1.29, 1.82) is 0 Å².